The molecule has 0 spiro atoms. The zero-order valence-electron chi connectivity index (χ0n) is 11.7. The smallest absolute Gasteiger partial charge is 0.264 e. The Bertz CT molecular complexity index is 372. The molecule has 0 bridgehead atoms. The lowest BCUT2D eigenvalue weighted by Crippen LogP contribution is -2.41. The molecule has 0 saturated carbocycles. The largest absolute Gasteiger partial charge is 0.383 e. The first-order valence-electron chi connectivity index (χ1n) is 6.50. The van der Waals surface area contributed by atoms with Gasteiger partial charge in [-0.25, -0.2) is 0 Å². The van der Waals surface area contributed by atoms with Crippen molar-refractivity contribution in [3.05, 3.63) is 21.9 Å². The molecule has 0 aliphatic heterocycles. The average Bonchev–Trinajstić information content (AvgIpc) is 2.80. The van der Waals surface area contributed by atoms with Gasteiger partial charge in [-0.2, -0.15) is 0 Å². The Morgan fingerprint density at radius 1 is 1.39 bits per heavy atom. The molecular weight excluding hydrogens is 246 g/mol. The van der Waals surface area contributed by atoms with E-state index < -0.39 is 0 Å². The molecule has 1 rings (SSSR count). The summed E-state index contributed by atoms with van der Waals surface area (Å²) in [5, 5.41) is 0. The second-order valence-electron chi connectivity index (χ2n) is 4.37. The number of nitrogens with zero attached hydrogens (tertiary/aromatic N) is 1. The molecule has 0 N–H and O–H groups in total. The fourth-order valence-electron chi connectivity index (χ4n) is 2.06. The summed E-state index contributed by atoms with van der Waals surface area (Å²) in [6.07, 6.45) is 1.96. The van der Waals surface area contributed by atoms with Gasteiger partial charge in [-0.05, 0) is 31.9 Å². The molecule has 1 amide bonds. The van der Waals surface area contributed by atoms with Crippen molar-refractivity contribution in [3.8, 4) is 0 Å². The maximum absolute atomic E-state index is 12.5. The van der Waals surface area contributed by atoms with Crippen LogP contribution in [0.15, 0.2) is 12.1 Å². The highest BCUT2D eigenvalue weighted by atomic mass is 32.1. The second-order valence-corrected chi connectivity index (χ2v) is 5.66. The molecule has 0 unspecified atom stereocenters. The molecule has 1 aromatic rings. The molecule has 0 aliphatic rings. The first-order chi connectivity index (χ1) is 8.63. The number of hydrogen-bond donors (Lipinski definition) is 0. The number of amides is 1. The second kappa shape index (κ2) is 7.54. The van der Waals surface area contributed by atoms with Crippen LogP contribution in [0.25, 0.3) is 0 Å². The summed E-state index contributed by atoms with van der Waals surface area (Å²) in [7, 11) is 1.67. The SMILES string of the molecule is CCC(CC)N(CCOC)C(=O)c1ccc(C)s1. The molecule has 0 saturated heterocycles. The Hall–Kier alpha value is -0.870. The summed E-state index contributed by atoms with van der Waals surface area (Å²) in [6, 6.07) is 4.22. The van der Waals surface area contributed by atoms with Gasteiger partial charge >= 0.3 is 0 Å². The molecule has 1 aromatic heterocycles. The highest BCUT2D eigenvalue weighted by Crippen LogP contribution is 2.20. The third-order valence-corrected chi connectivity index (χ3v) is 4.12. The van der Waals surface area contributed by atoms with E-state index in [1.165, 1.54) is 4.88 Å². The molecule has 102 valence electrons. The summed E-state index contributed by atoms with van der Waals surface area (Å²) in [4.78, 5) is 16.5. The average molecular weight is 269 g/mol. The molecule has 0 radical (unpaired) electrons. The summed E-state index contributed by atoms with van der Waals surface area (Å²) < 4.78 is 5.11. The minimum Gasteiger partial charge on any atom is -0.383 e. The molecule has 0 fully saturated rings. The van der Waals surface area contributed by atoms with Crippen molar-refractivity contribution >= 4 is 17.2 Å². The van der Waals surface area contributed by atoms with Crippen molar-refractivity contribution < 1.29 is 9.53 Å². The van der Waals surface area contributed by atoms with Gasteiger partial charge in [0.1, 0.15) is 0 Å². The van der Waals surface area contributed by atoms with Crippen LogP contribution in [0.4, 0.5) is 0 Å². The Morgan fingerprint density at radius 2 is 2.06 bits per heavy atom. The molecule has 18 heavy (non-hydrogen) atoms. The number of thiophene rings is 1. The monoisotopic (exact) mass is 269 g/mol. The summed E-state index contributed by atoms with van der Waals surface area (Å²) in [5.74, 6) is 0.138. The van der Waals surface area contributed by atoms with Crippen LogP contribution in [0, 0.1) is 6.92 Å². The number of carbonyl (C=O) groups excluding carboxylic acids is 1. The normalized spacial score (nSPS) is 10.9. The van der Waals surface area contributed by atoms with E-state index in [2.05, 4.69) is 13.8 Å². The van der Waals surface area contributed by atoms with E-state index in [9.17, 15) is 4.79 Å². The van der Waals surface area contributed by atoms with Crippen LogP contribution in [0.2, 0.25) is 0 Å². The number of rotatable bonds is 7. The minimum absolute atomic E-state index is 0.138. The molecule has 0 aromatic carbocycles. The van der Waals surface area contributed by atoms with Crippen molar-refractivity contribution in [3.63, 3.8) is 0 Å². The lowest BCUT2D eigenvalue weighted by Gasteiger charge is -2.30. The zero-order chi connectivity index (χ0) is 13.5. The lowest BCUT2D eigenvalue weighted by atomic mass is 10.1. The quantitative estimate of drug-likeness (QED) is 0.760. The third kappa shape index (κ3) is 3.82. The predicted octanol–water partition coefficient (Wildman–Crippen LogP) is 3.33. The van der Waals surface area contributed by atoms with Crippen LogP contribution < -0.4 is 0 Å². The molecule has 0 aliphatic carbocycles. The van der Waals surface area contributed by atoms with Gasteiger partial charge in [0.2, 0.25) is 0 Å². The van der Waals surface area contributed by atoms with E-state index in [0.717, 1.165) is 17.7 Å². The van der Waals surface area contributed by atoms with Crippen molar-refractivity contribution in [2.75, 3.05) is 20.3 Å². The minimum atomic E-state index is 0.138. The van der Waals surface area contributed by atoms with Gasteiger partial charge in [0.25, 0.3) is 5.91 Å². The molecule has 4 heteroatoms. The highest BCUT2D eigenvalue weighted by molar-refractivity contribution is 7.13. The Labute approximate surface area is 114 Å². The summed E-state index contributed by atoms with van der Waals surface area (Å²) in [6.45, 7) is 7.53. The van der Waals surface area contributed by atoms with Gasteiger partial charge in [-0.1, -0.05) is 13.8 Å². The zero-order valence-corrected chi connectivity index (χ0v) is 12.5. The van der Waals surface area contributed by atoms with Crippen molar-refractivity contribution in [2.24, 2.45) is 0 Å². The molecule has 3 nitrogen and oxygen atoms in total. The van der Waals surface area contributed by atoms with Gasteiger partial charge < -0.3 is 9.64 Å². The summed E-state index contributed by atoms with van der Waals surface area (Å²) in [5.41, 5.74) is 0. The van der Waals surface area contributed by atoms with Crippen LogP contribution in [0.5, 0.6) is 0 Å². The molecule has 1 heterocycles. The van der Waals surface area contributed by atoms with Crippen LogP contribution >= 0.6 is 11.3 Å². The Kier molecular flexibility index (Phi) is 6.36. The van der Waals surface area contributed by atoms with E-state index in [1.54, 1.807) is 18.4 Å². The maximum atomic E-state index is 12.5. The standard InChI is InChI=1S/C14H23NO2S/c1-5-12(6-2)15(9-10-17-4)14(16)13-8-7-11(3)18-13/h7-8,12H,5-6,9-10H2,1-4H3. The number of hydrogen-bond acceptors (Lipinski definition) is 3. The van der Waals surface area contributed by atoms with Gasteiger partial charge in [0.15, 0.2) is 0 Å². The number of methoxy groups -OCH3 is 1. The highest BCUT2D eigenvalue weighted by Gasteiger charge is 2.22. The first-order valence-corrected chi connectivity index (χ1v) is 7.32. The van der Waals surface area contributed by atoms with Gasteiger partial charge in [0.05, 0.1) is 11.5 Å². The van der Waals surface area contributed by atoms with Gasteiger partial charge in [-0.15, -0.1) is 11.3 Å². The van der Waals surface area contributed by atoms with Crippen molar-refractivity contribution in [1.82, 2.24) is 4.90 Å². The van der Waals surface area contributed by atoms with E-state index in [1.807, 2.05) is 24.0 Å². The number of carbonyl (C=O) groups is 1. The van der Waals surface area contributed by atoms with Crippen LogP contribution in [0.1, 0.15) is 41.2 Å². The van der Waals surface area contributed by atoms with Gasteiger partial charge in [-0.3, -0.25) is 4.79 Å². The number of aryl methyl sites for hydroxylation is 1. The molecular formula is C14H23NO2S. The van der Waals surface area contributed by atoms with Crippen LogP contribution in [-0.2, 0) is 4.74 Å². The number of ether oxygens (including phenoxy) is 1. The van der Waals surface area contributed by atoms with Crippen molar-refractivity contribution in [2.45, 2.75) is 39.7 Å². The fourth-order valence-corrected chi connectivity index (χ4v) is 2.88. The summed E-state index contributed by atoms with van der Waals surface area (Å²) >= 11 is 1.56. The lowest BCUT2D eigenvalue weighted by molar-refractivity contribution is 0.0594. The van der Waals surface area contributed by atoms with Crippen molar-refractivity contribution in [1.29, 1.82) is 0 Å². The first kappa shape index (κ1) is 15.2. The van der Waals surface area contributed by atoms with Crippen LogP contribution in [-0.4, -0.2) is 37.1 Å². The molecule has 0 atom stereocenters. The van der Waals surface area contributed by atoms with E-state index in [0.29, 0.717) is 19.2 Å². The third-order valence-electron chi connectivity index (χ3n) is 3.13. The van der Waals surface area contributed by atoms with E-state index in [4.69, 9.17) is 4.74 Å². The topological polar surface area (TPSA) is 29.5 Å². The maximum Gasteiger partial charge on any atom is 0.264 e. The Morgan fingerprint density at radius 3 is 2.50 bits per heavy atom. The van der Waals surface area contributed by atoms with Gasteiger partial charge in [0, 0.05) is 24.6 Å². The fraction of sp³-hybridized carbons (Fsp3) is 0.643. The van der Waals surface area contributed by atoms with E-state index >= 15 is 0 Å². The predicted molar refractivity (Wildman–Crippen MR) is 76.3 cm³/mol. The van der Waals surface area contributed by atoms with Crippen LogP contribution in [0.3, 0.4) is 0 Å². The Balaban J connectivity index is 2.84. The van der Waals surface area contributed by atoms with E-state index in [-0.39, 0.29) is 5.91 Å².